The molecule has 1 fully saturated rings. The predicted octanol–water partition coefficient (Wildman–Crippen LogP) is 1.53. The maximum atomic E-state index is 14.3. The summed E-state index contributed by atoms with van der Waals surface area (Å²) in [5.41, 5.74) is 0.497. The molecular formula is C15H13FN2O5. The van der Waals surface area contributed by atoms with E-state index in [0.717, 1.165) is 11.0 Å². The second kappa shape index (κ2) is 5.71. The number of carboxylic acids is 1. The minimum atomic E-state index is -1.26. The van der Waals surface area contributed by atoms with Crippen LogP contribution in [0.15, 0.2) is 30.5 Å². The van der Waals surface area contributed by atoms with Crippen molar-refractivity contribution in [1.29, 1.82) is 0 Å². The van der Waals surface area contributed by atoms with E-state index in [9.17, 15) is 18.8 Å². The van der Waals surface area contributed by atoms with Gasteiger partial charge in [-0.1, -0.05) is 0 Å². The zero-order valence-electron chi connectivity index (χ0n) is 11.9. The maximum absolute atomic E-state index is 14.3. The van der Waals surface area contributed by atoms with Crippen molar-refractivity contribution >= 4 is 29.2 Å². The van der Waals surface area contributed by atoms with Gasteiger partial charge in [0.05, 0.1) is 17.9 Å². The summed E-state index contributed by atoms with van der Waals surface area (Å²) in [6.45, 7) is 0.198. The van der Waals surface area contributed by atoms with Crippen molar-refractivity contribution in [2.45, 2.75) is 12.5 Å². The zero-order valence-corrected chi connectivity index (χ0v) is 11.9. The van der Waals surface area contributed by atoms with E-state index >= 15 is 0 Å². The van der Waals surface area contributed by atoms with Crippen LogP contribution >= 0.6 is 0 Å². The number of ether oxygens (including phenoxy) is 1. The molecule has 1 unspecified atom stereocenters. The van der Waals surface area contributed by atoms with Crippen LogP contribution in [0.5, 0.6) is 0 Å². The van der Waals surface area contributed by atoms with Crippen LogP contribution < -0.4 is 9.80 Å². The van der Waals surface area contributed by atoms with Crippen molar-refractivity contribution in [3.63, 3.8) is 0 Å². The maximum Gasteiger partial charge on any atom is 0.415 e. The van der Waals surface area contributed by atoms with Crippen LogP contribution in [0.3, 0.4) is 0 Å². The van der Waals surface area contributed by atoms with Crippen LogP contribution in [-0.2, 0) is 14.3 Å². The first kappa shape index (κ1) is 15.0. The van der Waals surface area contributed by atoms with Crippen LogP contribution in [0, 0.1) is 5.82 Å². The van der Waals surface area contributed by atoms with Gasteiger partial charge in [0.15, 0.2) is 5.78 Å². The van der Waals surface area contributed by atoms with E-state index in [1.165, 1.54) is 24.4 Å². The number of carbonyl (C=O) groups is 3. The number of carboxylic acid groups (broad SMARTS) is 1. The summed E-state index contributed by atoms with van der Waals surface area (Å²) < 4.78 is 19.0. The van der Waals surface area contributed by atoms with Crippen molar-refractivity contribution < 1.29 is 28.6 Å². The first-order valence-corrected chi connectivity index (χ1v) is 6.94. The molecule has 0 spiro atoms. The molecule has 2 aliphatic heterocycles. The molecule has 0 saturated carbocycles. The molecule has 1 amide bonds. The number of hydrogen-bond donors (Lipinski definition) is 1. The van der Waals surface area contributed by atoms with Gasteiger partial charge >= 0.3 is 12.1 Å². The third-order valence-electron chi connectivity index (χ3n) is 3.68. The van der Waals surface area contributed by atoms with Gasteiger partial charge in [-0.3, -0.25) is 9.69 Å². The van der Waals surface area contributed by atoms with E-state index in [2.05, 4.69) is 0 Å². The number of hydrogen-bond acceptors (Lipinski definition) is 5. The molecule has 1 aromatic rings. The van der Waals surface area contributed by atoms with Gasteiger partial charge in [0.2, 0.25) is 6.10 Å². The predicted molar refractivity (Wildman–Crippen MR) is 77.8 cm³/mol. The van der Waals surface area contributed by atoms with E-state index in [1.54, 1.807) is 4.90 Å². The molecule has 0 aliphatic carbocycles. The summed E-state index contributed by atoms with van der Waals surface area (Å²) in [6, 6.07) is 4.13. The number of allylic oxidation sites excluding steroid dienone is 1. The highest BCUT2D eigenvalue weighted by molar-refractivity contribution is 5.94. The summed E-state index contributed by atoms with van der Waals surface area (Å²) in [6.07, 6.45) is 1.10. The topological polar surface area (TPSA) is 87.2 Å². The van der Waals surface area contributed by atoms with Gasteiger partial charge in [-0.05, 0) is 24.3 Å². The van der Waals surface area contributed by atoms with E-state index < -0.39 is 24.0 Å². The number of anilines is 2. The van der Waals surface area contributed by atoms with E-state index in [4.69, 9.17) is 9.84 Å². The largest absolute Gasteiger partial charge is 0.478 e. The molecule has 0 bridgehead atoms. The standard InChI is InChI=1S/C15H13FN2O5/c16-11-7-9(18-8-13(14(20)21)23-15(18)22)1-2-12(11)17-5-3-10(19)4-6-17/h1-3,5,7,13H,4,6,8H2,(H,20,21). The second-order valence-corrected chi connectivity index (χ2v) is 5.18. The number of ketones is 1. The lowest BCUT2D eigenvalue weighted by Crippen LogP contribution is -2.28. The Kier molecular flexibility index (Phi) is 3.73. The number of halogens is 1. The number of benzene rings is 1. The van der Waals surface area contributed by atoms with E-state index in [0.29, 0.717) is 13.0 Å². The van der Waals surface area contributed by atoms with Gasteiger partial charge in [-0.2, -0.15) is 0 Å². The van der Waals surface area contributed by atoms with Crippen LogP contribution in [0.4, 0.5) is 20.6 Å². The molecule has 23 heavy (non-hydrogen) atoms. The third-order valence-corrected chi connectivity index (χ3v) is 3.68. The summed E-state index contributed by atoms with van der Waals surface area (Å²) in [7, 11) is 0. The first-order valence-electron chi connectivity index (χ1n) is 6.94. The van der Waals surface area contributed by atoms with Crippen molar-refractivity contribution in [3.8, 4) is 0 Å². The van der Waals surface area contributed by atoms with Gasteiger partial charge in [0.1, 0.15) is 5.82 Å². The van der Waals surface area contributed by atoms with Crippen molar-refractivity contribution in [1.82, 2.24) is 0 Å². The minimum Gasteiger partial charge on any atom is -0.478 e. The minimum absolute atomic E-state index is 0.0159. The van der Waals surface area contributed by atoms with Crippen molar-refractivity contribution in [3.05, 3.63) is 36.3 Å². The second-order valence-electron chi connectivity index (χ2n) is 5.18. The van der Waals surface area contributed by atoms with Crippen LogP contribution in [0.1, 0.15) is 6.42 Å². The molecule has 0 aromatic heterocycles. The van der Waals surface area contributed by atoms with Crippen LogP contribution in [0.25, 0.3) is 0 Å². The molecule has 1 aromatic carbocycles. The highest BCUT2D eigenvalue weighted by Gasteiger charge is 2.37. The normalized spacial score (nSPS) is 20.8. The lowest BCUT2D eigenvalue weighted by atomic mass is 10.1. The Labute approximate surface area is 130 Å². The molecule has 2 aliphatic rings. The number of carbonyl (C=O) groups excluding carboxylic acids is 2. The smallest absolute Gasteiger partial charge is 0.415 e. The number of cyclic esters (lactones) is 1. The summed E-state index contributed by atoms with van der Waals surface area (Å²) in [5.74, 6) is -1.84. The third kappa shape index (κ3) is 2.87. The molecular weight excluding hydrogens is 307 g/mol. The summed E-state index contributed by atoms with van der Waals surface area (Å²) in [5, 5.41) is 8.87. The Hall–Kier alpha value is -2.90. The quantitative estimate of drug-likeness (QED) is 0.909. The van der Waals surface area contributed by atoms with Gasteiger partial charge in [-0.15, -0.1) is 0 Å². The molecule has 3 rings (SSSR count). The molecule has 1 saturated heterocycles. The molecule has 7 nitrogen and oxygen atoms in total. The van der Waals surface area contributed by atoms with Crippen molar-refractivity contribution in [2.75, 3.05) is 22.9 Å². The average Bonchev–Trinajstić information content (AvgIpc) is 2.90. The lowest BCUT2D eigenvalue weighted by molar-refractivity contribution is -0.144. The molecule has 0 radical (unpaired) electrons. The molecule has 1 N–H and O–H groups in total. The molecule has 2 heterocycles. The Bertz CT molecular complexity index is 718. The zero-order chi connectivity index (χ0) is 16.6. The van der Waals surface area contributed by atoms with Crippen LogP contribution in [-0.4, -0.2) is 42.1 Å². The molecule has 120 valence electrons. The van der Waals surface area contributed by atoms with E-state index in [1.807, 2.05) is 0 Å². The fourth-order valence-electron chi connectivity index (χ4n) is 2.46. The molecule has 1 atom stereocenters. The van der Waals surface area contributed by atoms with E-state index in [-0.39, 0.29) is 23.7 Å². The summed E-state index contributed by atoms with van der Waals surface area (Å²) in [4.78, 5) is 36.4. The Morgan fingerprint density at radius 1 is 1.35 bits per heavy atom. The number of rotatable bonds is 3. The van der Waals surface area contributed by atoms with Gasteiger partial charge < -0.3 is 14.7 Å². The SMILES string of the molecule is O=C1C=CN(c2ccc(N3CC(C(=O)O)OC3=O)cc2F)CC1. The number of aliphatic carboxylic acids is 1. The Morgan fingerprint density at radius 3 is 2.70 bits per heavy atom. The van der Waals surface area contributed by atoms with Crippen LogP contribution in [0.2, 0.25) is 0 Å². The van der Waals surface area contributed by atoms with Gasteiger partial charge in [0, 0.05) is 19.2 Å². The van der Waals surface area contributed by atoms with Gasteiger partial charge in [0.25, 0.3) is 0 Å². The fourth-order valence-corrected chi connectivity index (χ4v) is 2.46. The Balaban J connectivity index is 1.82. The Morgan fingerprint density at radius 2 is 2.13 bits per heavy atom. The highest BCUT2D eigenvalue weighted by atomic mass is 19.1. The number of amides is 1. The van der Waals surface area contributed by atoms with Gasteiger partial charge in [-0.25, -0.2) is 14.0 Å². The highest BCUT2D eigenvalue weighted by Crippen LogP contribution is 2.29. The molecule has 8 heteroatoms. The number of nitrogens with zero attached hydrogens (tertiary/aromatic N) is 2. The summed E-state index contributed by atoms with van der Waals surface area (Å²) >= 11 is 0. The lowest BCUT2D eigenvalue weighted by Gasteiger charge is -2.24. The first-order chi connectivity index (χ1) is 11.0. The average molecular weight is 320 g/mol. The van der Waals surface area contributed by atoms with Crippen molar-refractivity contribution in [2.24, 2.45) is 0 Å². The fraction of sp³-hybridized carbons (Fsp3) is 0.267. The monoisotopic (exact) mass is 320 g/mol.